The van der Waals surface area contributed by atoms with E-state index in [0.717, 1.165) is 22.9 Å². The van der Waals surface area contributed by atoms with E-state index in [4.69, 9.17) is 11.5 Å². The van der Waals surface area contributed by atoms with Crippen molar-refractivity contribution in [3.8, 4) is 11.1 Å². The van der Waals surface area contributed by atoms with Crippen molar-refractivity contribution in [2.24, 2.45) is 17.4 Å². The number of nitrogens with two attached hydrogens (primary N) is 2. The first-order valence-corrected chi connectivity index (χ1v) is 13.6. The number of halogens is 4. The lowest BCUT2D eigenvalue weighted by Gasteiger charge is -2.31. The van der Waals surface area contributed by atoms with Gasteiger partial charge in [0.15, 0.2) is 5.69 Å². The molecule has 2 amide bonds. The van der Waals surface area contributed by atoms with Gasteiger partial charge in [0, 0.05) is 47.9 Å². The Kier molecular flexibility index (Phi) is 7.42. The van der Waals surface area contributed by atoms with Gasteiger partial charge in [-0.2, -0.15) is 18.3 Å². The Bertz CT molecular complexity index is 1580. The molecule has 1 aliphatic heterocycles. The summed E-state index contributed by atoms with van der Waals surface area (Å²) in [5, 5.41) is 3.74. The molecule has 0 unspecified atom stereocenters. The van der Waals surface area contributed by atoms with E-state index in [0.29, 0.717) is 12.8 Å². The normalized spacial score (nSPS) is 15.6. The number of primary amides is 2. The van der Waals surface area contributed by atoms with Crippen molar-refractivity contribution in [2.75, 3.05) is 18.8 Å². The molecular formula is C24H26F4N6O4S. The molecule has 2 aromatic heterocycles. The highest BCUT2D eigenvalue weighted by Gasteiger charge is 2.42. The lowest BCUT2D eigenvalue weighted by atomic mass is 9.92. The topological polar surface area (TPSA) is 154 Å². The van der Waals surface area contributed by atoms with Gasteiger partial charge in [-0.25, -0.2) is 22.1 Å². The predicted molar refractivity (Wildman–Crippen MR) is 133 cm³/mol. The van der Waals surface area contributed by atoms with Crippen molar-refractivity contribution in [1.82, 2.24) is 19.1 Å². The average molecular weight is 571 g/mol. The molecular weight excluding hydrogens is 544 g/mol. The van der Waals surface area contributed by atoms with Crippen LogP contribution in [0.2, 0.25) is 0 Å². The number of carbonyl (C=O) groups excluding carboxylic acids is 2. The van der Waals surface area contributed by atoms with Gasteiger partial charge in [0.05, 0.1) is 16.8 Å². The second-order valence-corrected chi connectivity index (χ2v) is 11.6. The van der Waals surface area contributed by atoms with Crippen LogP contribution in [0.15, 0.2) is 18.2 Å². The van der Waals surface area contributed by atoms with E-state index in [2.05, 4.69) is 10.1 Å². The summed E-state index contributed by atoms with van der Waals surface area (Å²) in [5.41, 5.74) is 7.17. The van der Waals surface area contributed by atoms with Gasteiger partial charge in [-0.1, -0.05) is 0 Å². The molecule has 0 atom stereocenters. The highest BCUT2D eigenvalue weighted by molar-refractivity contribution is 7.89. The van der Waals surface area contributed by atoms with Crippen LogP contribution in [0.1, 0.15) is 52.0 Å². The Morgan fingerprint density at radius 3 is 2.28 bits per heavy atom. The standard InChI is InChI=1S/C24H26F4N6O4S/c1-3-39(37,38)33-8-6-13(7-9-33)11-34-12(2)17(21(32-34)24(26,27)28)19-18(22(29)35)15-5-4-14(25)10-16(15)31-20(19)23(30)36/h4-5,10,13H,3,6-9,11H2,1-2H3,(H2,29,35)(H2,30,36). The van der Waals surface area contributed by atoms with Gasteiger partial charge in [0.25, 0.3) is 5.91 Å². The van der Waals surface area contributed by atoms with E-state index >= 15 is 0 Å². The summed E-state index contributed by atoms with van der Waals surface area (Å²) in [7, 11) is -3.39. The van der Waals surface area contributed by atoms with Gasteiger partial charge >= 0.3 is 6.18 Å². The number of amides is 2. The van der Waals surface area contributed by atoms with Crippen LogP contribution in [-0.4, -0.2) is 58.1 Å². The van der Waals surface area contributed by atoms with Gasteiger partial charge in [0.2, 0.25) is 15.9 Å². The molecule has 1 aliphatic rings. The van der Waals surface area contributed by atoms with Gasteiger partial charge in [-0.15, -0.1) is 0 Å². The third kappa shape index (κ3) is 5.32. The summed E-state index contributed by atoms with van der Waals surface area (Å²) in [5.74, 6) is -3.42. The molecule has 3 heterocycles. The Labute approximate surface area is 221 Å². The number of carbonyl (C=O) groups is 2. The molecule has 0 spiro atoms. The lowest BCUT2D eigenvalue weighted by molar-refractivity contribution is -0.141. The maximum absolute atomic E-state index is 14.3. The van der Waals surface area contributed by atoms with Crippen molar-refractivity contribution in [2.45, 2.75) is 39.4 Å². The summed E-state index contributed by atoms with van der Waals surface area (Å²) in [6.45, 7) is 3.36. The minimum absolute atomic E-state index is 0.0267. The van der Waals surface area contributed by atoms with Crippen molar-refractivity contribution >= 4 is 32.7 Å². The maximum atomic E-state index is 14.3. The average Bonchev–Trinajstić information content (AvgIpc) is 3.18. The van der Waals surface area contributed by atoms with Gasteiger partial charge in [-0.05, 0) is 44.7 Å². The molecule has 0 aliphatic carbocycles. The molecule has 210 valence electrons. The molecule has 15 heteroatoms. The van der Waals surface area contributed by atoms with E-state index < -0.39 is 61.9 Å². The summed E-state index contributed by atoms with van der Waals surface area (Å²) in [4.78, 5) is 29.0. The Morgan fingerprint density at radius 2 is 1.74 bits per heavy atom. The second-order valence-electron chi connectivity index (χ2n) is 9.33. The molecule has 1 aromatic carbocycles. The fourth-order valence-electron chi connectivity index (χ4n) is 4.93. The number of nitrogens with zero attached hydrogens (tertiary/aromatic N) is 4. The fourth-order valence-corrected chi connectivity index (χ4v) is 6.07. The number of hydrogen-bond acceptors (Lipinski definition) is 6. The number of fused-ring (bicyclic) bond motifs is 1. The quantitative estimate of drug-likeness (QED) is 0.417. The van der Waals surface area contributed by atoms with E-state index in [9.17, 15) is 35.6 Å². The van der Waals surface area contributed by atoms with Crippen LogP contribution in [0, 0.1) is 18.7 Å². The number of aromatic nitrogens is 3. The Balaban J connectivity index is 1.88. The van der Waals surface area contributed by atoms with Gasteiger partial charge in [0.1, 0.15) is 11.5 Å². The number of hydrogen-bond donors (Lipinski definition) is 2. The molecule has 1 saturated heterocycles. The van der Waals surface area contributed by atoms with Crippen LogP contribution in [0.4, 0.5) is 17.6 Å². The number of pyridine rings is 1. The third-order valence-electron chi connectivity index (χ3n) is 6.92. The van der Waals surface area contributed by atoms with Crippen LogP contribution >= 0.6 is 0 Å². The highest BCUT2D eigenvalue weighted by atomic mass is 32.2. The number of benzene rings is 1. The van der Waals surface area contributed by atoms with E-state index in [1.165, 1.54) is 18.2 Å². The monoisotopic (exact) mass is 570 g/mol. The fraction of sp³-hybridized carbons (Fsp3) is 0.417. The molecule has 10 nitrogen and oxygen atoms in total. The van der Waals surface area contributed by atoms with Gasteiger partial charge < -0.3 is 11.5 Å². The summed E-state index contributed by atoms with van der Waals surface area (Å²) < 4.78 is 83.6. The molecule has 0 radical (unpaired) electrons. The van der Waals surface area contributed by atoms with Crippen LogP contribution < -0.4 is 11.5 Å². The van der Waals surface area contributed by atoms with Crippen molar-refractivity contribution in [3.63, 3.8) is 0 Å². The first-order valence-electron chi connectivity index (χ1n) is 12.0. The summed E-state index contributed by atoms with van der Waals surface area (Å²) in [6, 6.07) is 3.03. The molecule has 1 fully saturated rings. The Hall–Kier alpha value is -3.59. The number of piperidine rings is 1. The second kappa shape index (κ2) is 10.2. The van der Waals surface area contributed by atoms with Crippen molar-refractivity contribution in [1.29, 1.82) is 0 Å². The molecule has 39 heavy (non-hydrogen) atoms. The molecule has 3 aromatic rings. The minimum Gasteiger partial charge on any atom is -0.366 e. The van der Waals surface area contributed by atoms with Crippen LogP contribution in [-0.2, 0) is 22.7 Å². The minimum atomic E-state index is -5.01. The first-order chi connectivity index (χ1) is 18.2. The number of rotatable bonds is 7. The largest absolute Gasteiger partial charge is 0.435 e. The summed E-state index contributed by atoms with van der Waals surface area (Å²) in [6.07, 6.45) is -4.21. The Morgan fingerprint density at radius 1 is 1.10 bits per heavy atom. The lowest BCUT2D eigenvalue weighted by Crippen LogP contribution is -2.40. The smallest absolute Gasteiger partial charge is 0.366 e. The predicted octanol–water partition coefficient (Wildman–Crippen LogP) is 2.82. The van der Waals surface area contributed by atoms with Gasteiger partial charge in [-0.3, -0.25) is 14.3 Å². The van der Waals surface area contributed by atoms with Crippen molar-refractivity contribution in [3.05, 3.63) is 46.7 Å². The van der Waals surface area contributed by atoms with Crippen LogP contribution in [0.5, 0.6) is 0 Å². The SMILES string of the molecule is CCS(=O)(=O)N1CCC(Cn2nc(C(F)(F)F)c(-c3c(C(N)=O)nc4cc(F)ccc4c3C(N)=O)c2C)CC1. The molecule has 0 bridgehead atoms. The van der Waals surface area contributed by atoms with E-state index in [-0.39, 0.29) is 47.9 Å². The maximum Gasteiger partial charge on any atom is 0.435 e. The first kappa shape index (κ1) is 28.4. The van der Waals surface area contributed by atoms with Crippen LogP contribution in [0.3, 0.4) is 0 Å². The van der Waals surface area contributed by atoms with Crippen molar-refractivity contribution < 1.29 is 35.6 Å². The zero-order chi connectivity index (χ0) is 28.9. The highest BCUT2D eigenvalue weighted by Crippen LogP contribution is 2.42. The molecule has 4 rings (SSSR count). The molecule has 0 saturated carbocycles. The summed E-state index contributed by atoms with van der Waals surface area (Å²) >= 11 is 0. The molecule has 4 N–H and O–H groups in total. The third-order valence-corrected chi connectivity index (χ3v) is 8.80. The van der Waals surface area contributed by atoms with Crippen LogP contribution in [0.25, 0.3) is 22.0 Å². The van der Waals surface area contributed by atoms with E-state index in [1.807, 2.05) is 0 Å². The zero-order valence-corrected chi connectivity index (χ0v) is 21.9. The number of alkyl halides is 3. The van der Waals surface area contributed by atoms with E-state index in [1.54, 1.807) is 0 Å². The number of sulfonamides is 1. The zero-order valence-electron chi connectivity index (χ0n) is 21.0.